The predicted octanol–water partition coefficient (Wildman–Crippen LogP) is 2.88. The van der Waals surface area contributed by atoms with Crippen molar-refractivity contribution in [3.8, 4) is 0 Å². The van der Waals surface area contributed by atoms with Gasteiger partial charge in [0.15, 0.2) is 0 Å². The Morgan fingerprint density at radius 2 is 1.81 bits per heavy atom. The second-order valence-corrected chi connectivity index (χ2v) is 6.15. The van der Waals surface area contributed by atoms with E-state index in [0.29, 0.717) is 9.97 Å². The van der Waals surface area contributed by atoms with Crippen LogP contribution in [-0.4, -0.2) is 35.1 Å². The zero-order chi connectivity index (χ0) is 11.4. The van der Waals surface area contributed by atoms with Gasteiger partial charge in [0.1, 0.15) is 0 Å². The number of alkyl halides is 1. The molecule has 88 valence electrons. The topological polar surface area (TPSA) is 12.5 Å². The van der Waals surface area contributed by atoms with Crippen molar-refractivity contribution in [2.24, 2.45) is 0 Å². The van der Waals surface area contributed by atoms with Gasteiger partial charge in [0.2, 0.25) is 0 Å². The summed E-state index contributed by atoms with van der Waals surface area (Å²) in [7, 11) is 0. The summed E-state index contributed by atoms with van der Waals surface area (Å²) < 4.78 is 6.03. The Morgan fingerprint density at radius 3 is 2.38 bits per heavy atom. The van der Waals surface area contributed by atoms with Crippen LogP contribution in [0.5, 0.6) is 0 Å². The molecule has 0 amide bonds. The van der Waals surface area contributed by atoms with Crippen LogP contribution in [0.4, 0.5) is 0 Å². The van der Waals surface area contributed by atoms with Crippen molar-refractivity contribution in [2.45, 2.75) is 16.9 Å². The van der Waals surface area contributed by atoms with E-state index in [1.54, 1.807) is 0 Å². The van der Waals surface area contributed by atoms with Crippen LogP contribution < -0.4 is 0 Å². The van der Waals surface area contributed by atoms with Crippen LogP contribution in [0.15, 0.2) is 30.3 Å². The van der Waals surface area contributed by atoms with Crippen LogP contribution in [0.3, 0.4) is 0 Å². The lowest BCUT2D eigenvalue weighted by Gasteiger charge is -2.36. The number of hydrogen-bond donors (Lipinski definition) is 0. The van der Waals surface area contributed by atoms with Gasteiger partial charge in [-0.2, -0.15) is 0 Å². The molecule has 0 bridgehead atoms. The molecule has 2 rings (SSSR count). The average molecular weight is 331 g/mol. The lowest BCUT2D eigenvalue weighted by atomic mass is 10.0. The fourth-order valence-corrected chi connectivity index (χ4v) is 3.14. The molecular weight excluding hydrogens is 313 g/mol. The first-order valence-electron chi connectivity index (χ1n) is 5.80. The SMILES string of the molecule is C[C@@H](I)[C@H](c1ccccc1)N1CCOCC1. The number of benzene rings is 1. The Labute approximate surface area is 111 Å². The first kappa shape index (κ1) is 12.3. The molecule has 3 heteroatoms. The van der Waals surface area contributed by atoms with Gasteiger partial charge in [0.25, 0.3) is 0 Å². The Morgan fingerprint density at radius 1 is 1.19 bits per heavy atom. The second-order valence-electron chi connectivity index (χ2n) is 4.18. The van der Waals surface area contributed by atoms with Gasteiger partial charge in [-0.25, -0.2) is 0 Å². The van der Waals surface area contributed by atoms with E-state index in [-0.39, 0.29) is 0 Å². The second kappa shape index (κ2) is 5.98. The monoisotopic (exact) mass is 331 g/mol. The van der Waals surface area contributed by atoms with Crippen molar-refractivity contribution in [2.75, 3.05) is 26.3 Å². The summed E-state index contributed by atoms with van der Waals surface area (Å²) in [6.45, 7) is 6.12. The van der Waals surface area contributed by atoms with Gasteiger partial charge in [0, 0.05) is 23.1 Å². The quantitative estimate of drug-likeness (QED) is 0.624. The first-order valence-corrected chi connectivity index (χ1v) is 7.04. The third-order valence-electron chi connectivity index (χ3n) is 3.02. The van der Waals surface area contributed by atoms with E-state index >= 15 is 0 Å². The zero-order valence-electron chi connectivity index (χ0n) is 9.60. The Kier molecular flexibility index (Phi) is 4.61. The minimum atomic E-state index is 0.519. The normalized spacial score (nSPS) is 21.6. The van der Waals surface area contributed by atoms with Crippen molar-refractivity contribution in [1.29, 1.82) is 0 Å². The van der Waals surface area contributed by atoms with Crippen LogP contribution in [0.2, 0.25) is 0 Å². The number of halogens is 1. The summed E-state index contributed by atoms with van der Waals surface area (Å²) in [5.74, 6) is 0. The highest BCUT2D eigenvalue weighted by Crippen LogP contribution is 2.29. The molecule has 1 saturated heterocycles. The number of nitrogens with zero attached hydrogens (tertiary/aromatic N) is 1. The molecule has 0 aliphatic carbocycles. The molecule has 2 atom stereocenters. The van der Waals surface area contributed by atoms with Gasteiger partial charge in [0.05, 0.1) is 13.2 Å². The third kappa shape index (κ3) is 2.96. The molecule has 16 heavy (non-hydrogen) atoms. The van der Waals surface area contributed by atoms with Gasteiger partial charge in [-0.3, -0.25) is 4.90 Å². The highest BCUT2D eigenvalue weighted by molar-refractivity contribution is 14.1. The summed E-state index contributed by atoms with van der Waals surface area (Å²) >= 11 is 2.53. The average Bonchev–Trinajstić information content (AvgIpc) is 2.31. The number of ether oxygens (including phenoxy) is 1. The van der Waals surface area contributed by atoms with Crippen molar-refractivity contribution in [1.82, 2.24) is 4.90 Å². The maximum absolute atomic E-state index is 5.42. The molecule has 1 heterocycles. The standard InChI is InChI=1S/C13H18INO/c1-11(14)13(12-5-3-2-4-6-12)15-7-9-16-10-8-15/h2-6,11,13H,7-10H2,1H3/t11-,13-/m1/s1. The van der Waals surface area contributed by atoms with E-state index in [9.17, 15) is 0 Å². The van der Waals surface area contributed by atoms with Crippen LogP contribution in [0, 0.1) is 0 Å². The molecule has 0 aromatic heterocycles. The molecule has 0 saturated carbocycles. The molecule has 1 aromatic carbocycles. The van der Waals surface area contributed by atoms with Crippen molar-refractivity contribution >= 4 is 22.6 Å². The molecule has 0 radical (unpaired) electrons. The van der Waals surface area contributed by atoms with Gasteiger partial charge in [-0.05, 0) is 5.56 Å². The number of rotatable bonds is 3. The molecule has 1 fully saturated rings. The predicted molar refractivity (Wildman–Crippen MR) is 75.1 cm³/mol. The first-order chi connectivity index (χ1) is 7.79. The highest BCUT2D eigenvalue weighted by atomic mass is 127. The smallest absolute Gasteiger partial charge is 0.0594 e. The number of hydrogen-bond acceptors (Lipinski definition) is 2. The molecule has 1 aromatic rings. The van der Waals surface area contributed by atoms with E-state index in [2.05, 4.69) is 64.7 Å². The molecule has 1 aliphatic heterocycles. The van der Waals surface area contributed by atoms with Crippen LogP contribution in [-0.2, 0) is 4.74 Å². The summed E-state index contributed by atoms with van der Waals surface area (Å²) in [5.41, 5.74) is 1.42. The molecule has 2 nitrogen and oxygen atoms in total. The van der Waals surface area contributed by atoms with E-state index in [0.717, 1.165) is 26.3 Å². The van der Waals surface area contributed by atoms with Gasteiger partial charge < -0.3 is 4.74 Å². The minimum Gasteiger partial charge on any atom is -0.379 e. The van der Waals surface area contributed by atoms with Gasteiger partial charge in [-0.15, -0.1) is 0 Å². The third-order valence-corrected chi connectivity index (χ3v) is 3.70. The Hall–Kier alpha value is -0.130. The summed E-state index contributed by atoms with van der Waals surface area (Å²) in [5, 5.41) is 0. The zero-order valence-corrected chi connectivity index (χ0v) is 11.8. The van der Waals surface area contributed by atoms with E-state index < -0.39 is 0 Å². The van der Waals surface area contributed by atoms with Crippen LogP contribution >= 0.6 is 22.6 Å². The largest absolute Gasteiger partial charge is 0.379 e. The van der Waals surface area contributed by atoms with E-state index in [1.165, 1.54) is 5.56 Å². The minimum absolute atomic E-state index is 0.519. The number of morpholine rings is 1. The van der Waals surface area contributed by atoms with Crippen molar-refractivity contribution in [3.63, 3.8) is 0 Å². The molecule has 0 unspecified atom stereocenters. The summed E-state index contributed by atoms with van der Waals surface area (Å²) in [4.78, 5) is 2.54. The molecular formula is C13H18INO. The van der Waals surface area contributed by atoms with E-state index in [4.69, 9.17) is 4.74 Å². The fraction of sp³-hybridized carbons (Fsp3) is 0.538. The maximum Gasteiger partial charge on any atom is 0.0594 e. The lowest BCUT2D eigenvalue weighted by molar-refractivity contribution is 0.0173. The van der Waals surface area contributed by atoms with Crippen LogP contribution in [0.25, 0.3) is 0 Å². The van der Waals surface area contributed by atoms with Gasteiger partial charge in [-0.1, -0.05) is 59.8 Å². The summed E-state index contributed by atoms with van der Waals surface area (Å²) in [6.07, 6.45) is 0. The van der Waals surface area contributed by atoms with Crippen molar-refractivity contribution < 1.29 is 4.74 Å². The Bertz CT molecular complexity index is 309. The van der Waals surface area contributed by atoms with Crippen LogP contribution in [0.1, 0.15) is 18.5 Å². The molecule has 0 spiro atoms. The molecule has 1 aliphatic rings. The lowest BCUT2D eigenvalue weighted by Crippen LogP contribution is -2.41. The highest BCUT2D eigenvalue weighted by Gasteiger charge is 2.25. The van der Waals surface area contributed by atoms with E-state index in [1.807, 2.05) is 0 Å². The molecule has 0 N–H and O–H groups in total. The Balaban J connectivity index is 2.16. The summed E-state index contributed by atoms with van der Waals surface area (Å²) in [6, 6.07) is 11.3. The van der Waals surface area contributed by atoms with Crippen molar-refractivity contribution in [3.05, 3.63) is 35.9 Å². The maximum atomic E-state index is 5.42. The van der Waals surface area contributed by atoms with Gasteiger partial charge >= 0.3 is 0 Å². The fourth-order valence-electron chi connectivity index (χ4n) is 2.27.